The number of rotatable bonds is 4. The molecule has 0 bridgehead atoms. The lowest BCUT2D eigenvalue weighted by molar-refractivity contribution is -0.142. The van der Waals surface area contributed by atoms with E-state index in [4.69, 9.17) is 4.42 Å². The smallest absolute Gasteiger partial charge is 0.308 e. The van der Waals surface area contributed by atoms with Gasteiger partial charge in [-0.15, -0.1) is 0 Å². The molecule has 2 saturated heterocycles. The van der Waals surface area contributed by atoms with Gasteiger partial charge >= 0.3 is 5.97 Å². The Morgan fingerprint density at radius 2 is 1.88 bits per heavy atom. The maximum absolute atomic E-state index is 12.7. The van der Waals surface area contributed by atoms with E-state index in [9.17, 15) is 23.1 Å². The molecule has 0 radical (unpaired) electrons. The summed E-state index contributed by atoms with van der Waals surface area (Å²) >= 11 is 0. The Morgan fingerprint density at radius 1 is 1.24 bits per heavy atom. The molecule has 2 unspecified atom stereocenters. The highest BCUT2D eigenvalue weighted by Crippen LogP contribution is 2.30. The van der Waals surface area contributed by atoms with E-state index in [2.05, 4.69) is 0 Å². The third kappa shape index (κ3) is 3.06. The zero-order valence-corrected chi connectivity index (χ0v) is 15.1. The Morgan fingerprint density at radius 3 is 2.44 bits per heavy atom. The monoisotopic (exact) mass is 370 g/mol. The molecule has 3 heterocycles. The number of carboxylic acids is 1. The Labute approximate surface area is 146 Å². The van der Waals surface area contributed by atoms with Crippen molar-refractivity contribution in [1.29, 1.82) is 0 Å². The van der Waals surface area contributed by atoms with Crippen molar-refractivity contribution < 1.29 is 27.5 Å². The van der Waals surface area contributed by atoms with Crippen LogP contribution in [0.15, 0.2) is 15.4 Å². The average molecular weight is 370 g/mol. The molecule has 0 aliphatic carbocycles. The second kappa shape index (κ2) is 6.45. The summed E-state index contributed by atoms with van der Waals surface area (Å²) in [5.74, 6) is -1.91. The molecule has 0 spiro atoms. The zero-order chi connectivity index (χ0) is 18.4. The van der Waals surface area contributed by atoms with Gasteiger partial charge in [0.1, 0.15) is 10.7 Å². The van der Waals surface area contributed by atoms with E-state index in [-0.39, 0.29) is 16.4 Å². The van der Waals surface area contributed by atoms with Gasteiger partial charge in [-0.3, -0.25) is 9.59 Å². The van der Waals surface area contributed by atoms with Crippen molar-refractivity contribution in [2.75, 3.05) is 19.6 Å². The Bertz CT molecular complexity index is 794. The lowest BCUT2D eigenvalue weighted by Gasteiger charge is -2.22. The number of nitrogens with zero attached hydrogens (tertiary/aromatic N) is 2. The number of hydrogen-bond donors (Lipinski definition) is 1. The van der Waals surface area contributed by atoms with Gasteiger partial charge in [0.05, 0.1) is 5.92 Å². The summed E-state index contributed by atoms with van der Waals surface area (Å²) in [7, 11) is -3.67. The molecule has 138 valence electrons. The van der Waals surface area contributed by atoms with Crippen LogP contribution in [-0.2, 0) is 14.8 Å². The van der Waals surface area contributed by atoms with Gasteiger partial charge < -0.3 is 14.4 Å². The molecule has 2 atom stereocenters. The van der Waals surface area contributed by atoms with Crippen LogP contribution in [0.3, 0.4) is 0 Å². The molecule has 3 rings (SSSR count). The number of carboxylic acid groups (broad SMARTS) is 1. The fraction of sp³-hybridized carbons (Fsp3) is 0.625. The molecule has 2 fully saturated rings. The first-order valence-electron chi connectivity index (χ1n) is 8.38. The summed E-state index contributed by atoms with van der Waals surface area (Å²) in [6, 6.07) is 0.806. The fourth-order valence-corrected chi connectivity index (χ4v) is 5.27. The van der Waals surface area contributed by atoms with Gasteiger partial charge in [-0.1, -0.05) is 0 Å². The van der Waals surface area contributed by atoms with Crippen molar-refractivity contribution in [3.8, 4) is 0 Å². The quantitative estimate of drug-likeness (QED) is 0.856. The molecule has 25 heavy (non-hydrogen) atoms. The van der Waals surface area contributed by atoms with Crippen LogP contribution in [0, 0.1) is 12.8 Å². The van der Waals surface area contributed by atoms with Crippen LogP contribution < -0.4 is 0 Å². The van der Waals surface area contributed by atoms with Crippen LogP contribution in [0.1, 0.15) is 42.5 Å². The molecule has 0 saturated carbocycles. The molecule has 0 aromatic carbocycles. The van der Waals surface area contributed by atoms with Crippen molar-refractivity contribution in [1.82, 2.24) is 9.21 Å². The summed E-state index contributed by atoms with van der Waals surface area (Å²) in [4.78, 5) is 25.3. The van der Waals surface area contributed by atoms with E-state index < -0.39 is 33.9 Å². The largest absolute Gasteiger partial charge is 0.481 e. The van der Waals surface area contributed by atoms with Crippen molar-refractivity contribution in [3.05, 3.63) is 17.6 Å². The van der Waals surface area contributed by atoms with Gasteiger partial charge in [0.15, 0.2) is 5.76 Å². The standard InChI is InChI=1S/C16H22N2O6S/c1-10-12(16(20)21)5-8-18(10)15(19)13-9-14(11(2)24-13)25(22,23)17-6-3-4-7-17/h9-10,12H,3-8H2,1-2H3,(H,20,21). The zero-order valence-electron chi connectivity index (χ0n) is 14.3. The minimum Gasteiger partial charge on any atom is -0.481 e. The number of sulfonamides is 1. The number of carbonyl (C=O) groups is 2. The molecule has 1 amide bonds. The molecule has 9 heteroatoms. The van der Waals surface area contributed by atoms with Crippen molar-refractivity contribution in [2.24, 2.45) is 5.92 Å². The van der Waals surface area contributed by atoms with E-state index in [0.717, 1.165) is 12.8 Å². The SMILES string of the molecule is Cc1oc(C(=O)N2CCC(C(=O)O)C2C)cc1S(=O)(=O)N1CCCC1. The molecule has 2 aliphatic rings. The number of amides is 1. The topological polar surface area (TPSA) is 108 Å². The van der Waals surface area contributed by atoms with Crippen molar-refractivity contribution in [2.45, 2.75) is 44.0 Å². The van der Waals surface area contributed by atoms with Gasteiger partial charge in [-0.2, -0.15) is 4.31 Å². The van der Waals surface area contributed by atoms with E-state index in [1.807, 2.05) is 0 Å². The van der Waals surface area contributed by atoms with Gasteiger partial charge in [0.2, 0.25) is 10.0 Å². The molecule has 2 aliphatic heterocycles. The number of likely N-dealkylation sites (tertiary alicyclic amines) is 1. The van der Waals surface area contributed by atoms with Crippen molar-refractivity contribution >= 4 is 21.9 Å². The van der Waals surface area contributed by atoms with Gasteiger partial charge in [-0.25, -0.2) is 8.42 Å². The Kier molecular flexibility index (Phi) is 4.63. The first kappa shape index (κ1) is 17.9. The van der Waals surface area contributed by atoms with Crippen LogP contribution in [-0.4, -0.2) is 60.3 Å². The molecule has 1 aromatic rings. The highest BCUT2D eigenvalue weighted by molar-refractivity contribution is 7.89. The molecular formula is C16H22N2O6S. The van der Waals surface area contributed by atoms with E-state index in [1.54, 1.807) is 6.92 Å². The van der Waals surface area contributed by atoms with Crippen LogP contribution in [0.2, 0.25) is 0 Å². The third-order valence-electron chi connectivity index (χ3n) is 5.10. The number of furan rings is 1. The Hall–Kier alpha value is -1.87. The highest BCUT2D eigenvalue weighted by atomic mass is 32.2. The molecule has 8 nitrogen and oxygen atoms in total. The summed E-state index contributed by atoms with van der Waals surface area (Å²) in [5, 5.41) is 9.18. The number of aliphatic carboxylic acids is 1. The predicted molar refractivity (Wildman–Crippen MR) is 87.7 cm³/mol. The first-order valence-corrected chi connectivity index (χ1v) is 9.82. The number of hydrogen-bond acceptors (Lipinski definition) is 5. The highest BCUT2D eigenvalue weighted by Gasteiger charge is 2.40. The normalized spacial score (nSPS) is 24.8. The lowest BCUT2D eigenvalue weighted by Crippen LogP contribution is -2.37. The number of carbonyl (C=O) groups excluding carboxylic acids is 1. The molecular weight excluding hydrogens is 348 g/mol. The molecule has 1 N–H and O–H groups in total. The fourth-order valence-electron chi connectivity index (χ4n) is 3.59. The first-order chi connectivity index (χ1) is 11.7. The predicted octanol–water partition coefficient (Wildman–Crippen LogP) is 1.31. The minimum absolute atomic E-state index is 0.0133. The second-order valence-electron chi connectivity index (χ2n) is 6.61. The molecule has 1 aromatic heterocycles. The van der Waals surface area contributed by atoms with Crippen LogP contribution in [0.5, 0.6) is 0 Å². The summed E-state index contributed by atoms with van der Waals surface area (Å²) in [6.45, 7) is 4.46. The van der Waals surface area contributed by atoms with Crippen molar-refractivity contribution in [3.63, 3.8) is 0 Å². The third-order valence-corrected chi connectivity index (χ3v) is 7.10. The summed E-state index contributed by atoms with van der Waals surface area (Å²) in [6.07, 6.45) is 2.02. The lowest BCUT2D eigenvalue weighted by atomic mass is 10.0. The minimum atomic E-state index is -3.67. The second-order valence-corrected chi connectivity index (χ2v) is 8.52. The van der Waals surface area contributed by atoms with Gasteiger partial charge in [0.25, 0.3) is 5.91 Å². The van der Waals surface area contributed by atoms with E-state index in [1.165, 1.54) is 22.2 Å². The average Bonchev–Trinajstić information content (AvgIpc) is 3.25. The van der Waals surface area contributed by atoms with E-state index in [0.29, 0.717) is 26.1 Å². The summed E-state index contributed by atoms with van der Waals surface area (Å²) < 4.78 is 32.2. The van der Waals surface area contributed by atoms with Crippen LogP contribution >= 0.6 is 0 Å². The number of aryl methyl sites for hydroxylation is 1. The van der Waals surface area contributed by atoms with Crippen LogP contribution in [0.25, 0.3) is 0 Å². The maximum Gasteiger partial charge on any atom is 0.308 e. The van der Waals surface area contributed by atoms with E-state index >= 15 is 0 Å². The van der Waals surface area contributed by atoms with Gasteiger partial charge in [0, 0.05) is 31.7 Å². The maximum atomic E-state index is 12.7. The Balaban J connectivity index is 1.85. The van der Waals surface area contributed by atoms with Crippen LogP contribution in [0.4, 0.5) is 0 Å². The van der Waals surface area contributed by atoms with Gasteiger partial charge in [-0.05, 0) is 33.1 Å². The summed E-state index contributed by atoms with van der Waals surface area (Å²) in [5.41, 5.74) is 0.